The fourth-order valence-corrected chi connectivity index (χ4v) is 1.11. The van der Waals surface area contributed by atoms with Crippen LogP contribution in [0.3, 0.4) is 0 Å². The van der Waals surface area contributed by atoms with Crippen LogP contribution in [0.2, 0.25) is 0 Å². The summed E-state index contributed by atoms with van der Waals surface area (Å²) in [6.45, 7) is 0. The highest BCUT2D eigenvalue weighted by Crippen LogP contribution is 2.07. The van der Waals surface area contributed by atoms with E-state index in [0.29, 0.717) is 0 Å². The van der Waals surface area contributed by atoms with Crippen molar-refractivity contribution in [2.24, 2.45) is 5.14 Å². The summed E-state index contributed by atoms with van der Waals surface area (Å²) >= 11 is 0. The molecule has 0 spiro atoms. The summed E-state index contributed by atoms with van der Waals surface area (Å²) in [5.74, 6) is -0.185. The van der Waals surface area contributed by atoms with Gasteiger partial charge in [-0.1, -0.05) is 0 Å². The molecular weight excluding hydrogens is 168 g/mol. The molecule has 0 aliphatic carbocycles. The fourth-order valence-electron chi connectivity index (χ4n) is 0.555. The number of nitrogen functional groups attached to an aromatic ring is 1. The van der Waals surface area contributed by atoms with E-state index in [0.717, 1.165) is 0 Å². The van der Waals surface area contributed by atoms with E-state index in [-0.39, 0.29) is 10.8 Å². The maximum atomic E-state index is 10.6. The molecule has 0 amide bonds. The zero-order chi connectivity index (χ0) is 8.48. The summed E-state index contributed by atoms with van der Waals surface area (Å²) in [7, 11) is -3.83. The number of rotatable bonds is 1. The predicted octanol–water partition coefficient (Wildman–Crippen LogP) is -1.29. The van der Waals surface area contributed by atoms with Gasteiger partial charge in [0.1, 0.15) is 0 Å². The molecule has 7 heteroatoms. The first kappa shape index (κ1) is 7.89. The van der Waals surface area contributed by atoms with Crippen molar-refractivity contribution < 1.29 is 8.42 Å². The van der Waals surface area contributed by atoms with E-state index in [1.54, 1.807) is 0 Å². The van der Waals surface area contributed by atoms with E-state index in [9.17, 15) is 8.42 Å². The third-order valence-electron chi connectivity index (χ3n) is 0.961. The molecule has 0 fully saturated rings. The molecule has 0 radical (unpaired) electrons. The Balaban J connectivity index is 3.37. The molecule has 0 aliphatic rings. The van der Waals surface area contributed by atoms with Crippen molar-refractivity contribution in [1.29, 1.82) is 0 Å². The van der Waals surface area contributed by atoms with Crippen molar-refractivity contribution in [2.75, 3.05) is 5.73 Å². The summed E-state index contributed by atoms with van der Waals surface area (Å²) < 4.78 is 21.3. The molecule has 4 N–H and O–H groups in total. The third-order valence-corrected chi connectivity index (χ3v) is 1.81. The number of hydrogen-bond acceptors (Lipinski definition) is 5. The number of aromatic nitrogens is 2. The van der Waals surface area contributed by atoms with Gasteiger partial charge in [-0.05, 0) is 0 Å². The molecule has 6 nitrogen and oxygen atoms in total. The number of sulfonamides is 1. The molecule has 0 unspecified atom stereocenters. The highest BCUT2D eigenvalue weighted by molar-refractivity contribution is 7.89. The lowest BCUT2D eigenvalue weighted by atomic mass is 10.7. The minimum Gasteiger partial charge on any atom is -0.381 e. The minimum absolute atomic E-state index is 0.185. The predicted molar refractivity (Wildman–Crippen MR) is 37.8 cm³/mol. The molecule has 0 atom stereocenters. The van der Waals surface area contributed by atoms with Gasteiger partial charge in [-0.3, -0.25) is 0 Å². The van der Waals surface area contributed by atoms with E-state index in [2.05, 4.69) is 9.97 Å². The molecule has 0 saturated carbocycles. The van der Waals surface area contributed by atoms with Gasteiger partial charge in [-0.2, -0.15) is 0 Å². The Labute approximate surface area is 63.3 Å². The number of nitrogens with two attached hydrogens (primary N) is 2. The van der Waals surface area contributed by atoms with Crippen LogP contribution in [0.4, 0.5) is 5.82 Å². The van der Waals surface area contributed by atoms with Crippen LogP contribution in [0.1, 0.15) is 0 Å². The smallest absolute Gasteiger partial charge is 0.259 e. The van der Waals surface area contributed by atoms with Gasteiger partial charge in [0.05, 0.1) is 0 Å². The summed E-state index contributed by atoms with van der Waals surface area (Å²) in [4.78, 5) is 6.95. The number of nitrogens with zero attached hydrogens (tertiary/aromatic N) is 2. The summed E-state index contributed by atoms with van der Waals surface area (Å²) in [6, 6.07) is 0. The first-order chi connectivity index (χ1) is 5.02. The molecule has 1 aromatic rings. The quantitative estimate of drug-likeness (QED) is 0.549. The molecule has 0 bridgehead atoms. The summed E-state index contributed by atoms with van der Waals surface area (Å²) in [5.41, 5.74) is 5.17. The van der Waals surface area contributed by atoms with Crippen LogP contribution >= 0.6 is 0 Å². The van der Waals surface area contributed by atoms with E-state index in [1.165, 1.54) is 12.4 Å². The van der Waals surface area contributed by atoms with Crippen LogP contribution in [0.5, 0.6) is 0 Å². The van der Waals surface area contributed by atoms with E-state index in [1.807, 2.05) is 0 Å². The normalized spacial score (nSPS) is 11.4. The maximum absolute atomic E-state index is 10.6. The minimum atomic E-state index is -3.83. The van der Waals surface area contributed by atoms with Gasteiger partial charge in [0.25, 0.3) is 10.0 Å². The third kappa shape index (κ3) is 1.63. The topological polar surface area (TPSA) is 112 Å². The SMILES string of the molecule is Nc1nccnc1S(N)(=O)=O. The van der Waals surface area contributed by atoms with Crippen molar-refractivity contribution in [3.63, 3.8) is 0 Å². The van der Waals surface area contributed by atoms with Crippen molar-refractivity contribution >= 4 is 15.8 Å². The monoisotopic (exact) mass is 174 g/mol. The Morgan fingerprint density at radius 1 is 1.27 bits per heavy atom. The van der Waals surface area contributed by atoms with Crippen LogP contribution in [-0.2, 0) is 10.0 Å². The van der Waals surface area contributed by atoms with Gasteiger partial charge in [0.2, 0.25) is 5.03 Å². The van der Waals surface area contributed by atoms with Gasteiger partial charge in [0.15, 0.2) is 5.82 Å². The fraction of sp³-hybridized carbons (Fsp3) is 0. The zero-order valence-electron chi connectivity index (χ0n) is 5.43. The van der Waals surface area contributed by atoms with Gasteiger partial charge in [-0.25, -0.2) is 23.5 Å². The van der Waals surface area contributed by atoms with Gasteiger partial charge in [0, 0.05) is 12.4 Å². The van der Waals surface area contributed by atoms with Crippen LogP contribution < -0.4 is 10.9 Å². The Bertz CT molecular complexity index is 360. The second-order valence-electron chi connectivity index (χ2n) is 1.79. The summed E-state index contributed by atoms with van der Waals surface area (Å²) in [5, 5.41) is 4.36. The largest absolute Gasteiger partial charge is 0.381 e. The lowest BCUT2D eigenvalue weighted by molar-refractivity contribution is 0.594. The van der Waals surface area contributed by atoms with Gasteiger partial charge >= 0.3 is 0 Å². The lowest BCUT2D eigenvalue weighted by Gasteiger charge is -1.97. The highest BCUT2D eigenvalue weighted by Gasteiger charge is 2.13. The molecule has 1 rings (SSSR count). The number of hydrogen-bond donors (Lipinski definition) is 2. The average molecular weight is 174 g/mol. The van der Waals surface area contributed by atoms with Gasteiger partial charge in [-0.15, -0.1) is 0 Å². The molecule has 0 aromatic carbocycles. The molecule has 60 valence electrons. The molecule has 11 heavy (non-hydrogen) atoms. The van der Waals surface area contributed by atoms with E-state index in [4.69, 9.17) is 10.9 Å². The number of primary sulfonamides is 1. The van der Waals surface area contributed by atoms with Gasteiger partial charge < -0.3 is 5.73 Å². The van der Waals surface area contributed by atoms with E-state index < -0.39 is 10.0 Å². The van der Waals surface area contributed by atoms with Crippen LogP contribution in [0, 0.1) is 0 Å². The van der Waals surface area contributed by atoms with Crippen molar-refractivity contribution in [3.8, 4) is 0 Å². The van der Waals surface area contributed by atoms with E-state index >= 15 is 0 Å². The van der Waals surface area contributed by atoms with Crippen LogP contribution in [0.25, 0.3) is 0 Å². The van der Waals surface area contributed by atoms with Crippen molar-refractivity contribution in [1.82, 2.24) is 9.97 Å². The molecule has 1 heterocycles. The Hall–Kier alpha value is -1.21. The second-order valence-corrected chi connectivity index (χ2v) is 3.27. The second kappa shape index (κ2) is 2.44. The standard InChI is InChI=1S/C4H6N4O2S/c5-3-4(11(6,9)10)8-2-1-7-3/h1-2H,(H2,5,7)(H2,6,9,10). The zero-order valence-corrected chi connectivity index (χ0v) is 6.25. The molecule has 0 saturated heterocycles. The Morgan fingerprint density at radius 3 is 2.18 bits per heavy atom. The Morgan fingerprint density at radius 2 is 1.82 bits per heavy atom. The first-order valence-corrected chi connectivity index (χ1v) is 4.16. The lowest BCUT2D eigenvalue weighted by Crippen LogP contribution is -2.16. The molecule has 0 aliphatic heterocycles. The summed E-state index contributed by atoms with van der Waals surface area (Å²) in [6.07, 6.45) is 2.49. The van der Waals surface area contributed by atoms with Crippen LogP contribution in [-0.4, -0.2) is 18.4 Å². The number of anilines is 1. The van der Waals surface area contributed by atoms with Crippen LogP contribution in [0.15, 0.2) is 17.4 Å². The van der Waals surface area contributed by atoms with Crippen molar-refractivity contribution in [2.45, 2.75) is 5.03 Å². The Kier molecular flexibility index (Phi) is 1.75. The first-order valence-electron chi connectivity index (χ1n) is 2.61. The maximum Gasteiger partial charge on any atom is 0.259 e. The highest BCUT2D eigenvalue weighted by atomic mass is 32.2. The molecule has 1 aromatic heterocycles. The van der Waals surface area contributed by atoms with Crippen molar-refractivity contribution in [3.05, 3.63) is 12.4 Å². The molecular formula is C4H6N4O2S. The average Bonchev–Trinajstić information content (AvgIpc) is 1.86.